The number of hydrogen-bond donors (Lipinski definition) is 2. The van der Waals surface area contributed by atoms with Crippen molar-refractivity contribution in [1.82, 2.24) is 4.37 Å². The molecular weight excluding hydrogens is 276 g/mol. The number of aryl methyl sites for hydroxylation is 2. The van der Waals surface area contributed by atoms with Crippen LogP contribution in [0.2, 0.25) is 0 Å². The molecule has 0 aliphatic carbocycles. The van der Waals surface area contributed by atoms with Crippen LogP contribution in [0.5, 0.6) is 5.75 Å². The third-order valence-corrected chi connectivity index (χ3v) is 3.62. The van der Waals surface area contributed by atoms with Crippen molar-refractivity contribution in [1.29, 1.82) is 0 Å². The minimum absolute atomic E-state index is 0.241. The molecule has 0 atom stereocenters. The Balaban J connectivity index is 1.86. The number of aromatic carboxylic acids is 1. The SMILES string of the molecule is Cc1cccc(OCCNc2snc(C)c2C(=O)O)c1. The molecule has 0 saturated heterocycles. The van der Waals surface area contributed by atoms with Crippen LogP contribution in [0.4, 0.5) is 5.00 Å². The molecule has 0 aliphatic heterocycles. The van der Waals surface area contributed by atoms with E-state index in [9.17, 15) is 4.79 Å². The third-order valence-electron chi connectivity index (χ3n) is 2.72. The quantitative estimate of drug-likeness (QED) is 0.801. The molecule has 0 spiro atoms. The van der Waals surface area contributed by atoms with Gasteiger partial charge in [0.2, 0.25) is 0 Å². The Morgan fingerprint density at radius 1 is 1.45 bits per heavy atom. The Hall–Kier alpha value is -2.08. The summed E-state index contributed by atoms with van der Waals surface area (Å²) in [4.78, 5) is 11.1. The average molecular weight is 292 g/mol. The minimum Gasteiger partial charge on any atom is -0.492 e. The summed E-state index contributed by atoms with van der Waals surface area (Å²) < 4.78 is 9.63. The van der Waals surface area contributed by atoms with Crippen LogP contribution < -0.4 is 10.1 Å². The number of carboxylic acid groups (broad SMARTS) is 1. The van der Waals surface area contributed by atoms with E-state index in [0.29, 0.717) is 23.8 Å². The summed E-state index contributed by atoms with van der Waals surface area (Å²) in [7, 11) is 0. The predicted octanol–water partition coefficient (Wildman–Crippen LogP) is 2.95. The molecule has 0 radical (unpaired) electrons. The van der Waals surface area contributed by atoms with E-state index in [2.05, 4.69) is 9.69 Å². The highest BCUT2D eigenvalue weighted by molar-refractivity contribution is 7.10. The highest BCUT2D eigenvalue weighted by Crippen LogP contribution is 2.24. The lowest BCUT2D eigenvalue weighted by molar-refractivity contribution is 0.0697. The molecule has 1 aromatic carbocycles. The van der Waals surface area contributed by atoms with Gasteiger partial charge in [0.1, 0.15) is 22.9 Å². The van der Waals surface area contributed by atoms with Gasteiger partial charge in [0, 0.05) is 6.54 Å². The van der Waals surface area contributed by atoms with Crippen LogP contribution in [0, 0.1) is 13.8 Å². The summed E-state index contributed by atoms with van der Waals surface area (Å²) >= 11 is 1.16. The van der Waals surface area contributed by atoms with E-state index < -0.39 is 5.97 Å². The van der Waals surface area contributed by atoms with E-state index in [4.69, 9.17) is 9.84 Å². The van der Waals surface area contributed by atoms with Crippen molar-refractivity contribution in [2.75, 3.05) is 18.5 Å². The lowest BCUT2D eigenvalue weighted by Gasteiger charge is -2.08. The van der Waals surface area contributed by atoms with Crippen molar-refractivity contribution in [3.05, 3.63) is 41.1 Å². The normalized spacial score (nSPS) is 10.3. The fourth-order valence-corrected chi connectivity index (χ4v) is 2.59. The molecular formula is C14H16N2O3S. The van der Waals surface area contributed by atoms with E-state index in [1.807, 2.05) is 31.2 Å². The molecule has 0 unspecified atom stereocenters. The highest BCUT2D eigenvalue weighted by atomic mass is 32.1. The van der Waals surface area contributed by atoms with Crippen molar-refractivity contribution >= 4 is 22.5 Å². The smallest absolute Gasteiger partial charge is 0.340 e. The van der Waals surface area contributed by atoms with E-state index in [1.54, 1.807) is 6.92 Å². The standard InChI is InChI=1S/C14H16N2O3S/c1-9-4-3-5-11(8-9)19-7-6-15-13-12(14(17)18)10(2)16-20-13/h3-5,8,15H,6-7H2,1-2H3,(H,17,18). The van der Waals surface area contributed by atoms with Crippen molar-refractivity contribution in [3.8, 4) is 5.75 Å². The van der Waals surface area contributed by atoms with Crippen LogP contribution in [-0.2, 0) is 0 Å². The Labute approximate surface area is 121 Å². The first-order valence-corrected chi connectivity index (χ1v) is 6.98. The molecule has 2 aromatic rings. The van der Waals surface area contributed by atoms with Crippen LogP contribution in [0.3, 0.4) is 0 Å². The number of rotatable bonds is 6. The van der Waals surface area contributed by atoms with Gasteiger partial charge < -0.3 is 15.2 Å². The topological polar surface area (TPSA) is 71.5 Å². The molecule has 20 heavy (non-hydrogen) atoms. The van der Waals surface area contributed by atoms with Gasteiger partial charge in [0.05, 0.1) is 5.69 Å². The van der Waals surface area contributed by atoms with Crippen molar-refractivity contribution in [2.45, 2.75) is 13.8 Å². The van der Waals surface area contributed by atoms with Gasteiger partial charge in [-0.3, -0.25) is 0 Å². The lowest BCUT2D eigenvalue weighted by Crippen LogP contribution is -2.12. The van der Waals surface area contributed by atoms with Gasteiger partial charge >= 0.3 is 5.97 Å². The van der Waals surface area contributed by atoms with Crippen molar-refractivity contribution < 1.29 is 14.6 Å². The Bertz CT molecular complexity index is 610. The number of nitrogens with zero attached hydrogens (tertiary/aromatic N) is 1. The molecule has 0 bridgehead atoms. The van der Waals surface area contributed by atoms with E-state index in [1.165, 1.54) is 0 Å². The number of carbonyl (C=O) groups is 1. The van der Waals surface area contributed by atoms with Crippen LogP contribution in [0.1, 0.15) is 21.6 Å². The van der Waals surface area contributed by atoms with Gasteiger partial charge in [0.25, 0.3) is 0 Å². The maximum atomic E-state index is 11.1. The third kappa shape index (κ3) is 3.48. The molecule has 0 saturated carbocycles. The van der Waals surface area contributed by atoms with Gasteiger partial charge in [-0.1, -0.05) is 12.1 Å². The summed E-state index contributed by atoms with van der Waals surface area (Å²) in [6.45, 7) is 4.67. The number of hydrogen-bond acceptors (Lipinski definition) is 5. The fraction of sp³-hybridized carbons (Fsp3) is 0.286. The van der Waals surface area contributed by atoms with Gasteiger partial charge in [-0.25, -0.2) is 4.79 Å². The molecule has 0 amide bonds. The summed E-state index contributed by atoms with van der Waals surface area (Å²) in [5.41, 5.74) is 1.91. The van der Waals surface area contributed by atoms with Crippen LogP contribution in [0.15, 0.2) is 24.3 Å². The van der Waals surface area contributed by atoms with Crippen LogP contribution >= 0.6 is 11.5 Å². The lowest BCUT2D eigenvalue weighted by atomic mass is 10.2. The second kappa shape index (κ2) is 6.38. The molecule has 2 rings (SSSR count). The fourth-order valence-electron chi connectivity index (χ4n) is 1.78. The molecule has 106 valence electrons. The van der Waals surface area contributed by atoms with Gasteiger partial charge in [-0.05, 0) is 43.1 Å². The molecule has 6 heteroatoms. The number of benzene rings is 1. The highest BCUT2D eigenvalue weighted by Gasteiger charge is 2.16. The number of aromatic nitrogens is 1. The summed E-state index contributed by atoms with van der Waals surface area (Å²) in [5.74, 6) is -0.149. The first kappa shape index (κ1) is 14.3. The summed E-state index contributed by atoms with van der Waals surface area (Å²) in [6, 6.07) is 7.80. The van der Waals surface area contributed by atoms with E-state index in [0.717, 1.165) is 22.8 Å². The largest absolute Gasteiger partial charge is 0.492 e. The maximum Gasteiger partial charge on any atom is 0.340 e. The monoisotopic (exact) mass is 292 g/mol. The average Bonchev–Trinajstić information content (AvgIpc) is 2.76. The van der Waals surface area contributed by atoms with Gasteiger partial charge in [0.15, 0.2) is 0 Å². The van der Waals surface area contributed by atoms with Crippen LogP contribution in [-0.4, -0.2) is 28.6 Å². The molecule has 5 nitrogen and oxygen atoms in total. The second-order valence-corrected chi connectivity index (χ2v) is 5.14. The number of nitrogens with one attached hydrogen (secondary N) is 1. The zero-order chi connectivity index (χ0) is 14.5. The minimum atomic E-state index is -0.960. The molecule has 2 N–H and O–H groups in total. The molecule has 1 heterocycles. The van der Waals surface area contributed by atoms with Crippen molar-refractivity contribution in [3.63, 3.8) is 0 Å². The Morgan fingerprint density at radius 2 is 2.25 bits per heavy atom. The zero-order valence-electron chi connectivity index (χ0n) is 11.3. The summed E-state index contributed by atoms with van der Waals surface area (Å²) in [6.07, 6.45) is 0. The van der Waals surface area contributed by atoms with Gasteiger partial charge in [-0.15, -0.1) is 0 Å². The zero-order valence-corrected chi connectivity index (χ0v) is 12.2. The van der Waals surface area contributed by atoms with E-state index in [-0.39, 0.29) is 5.56 Å². The molecule has 0 aliphatic rings. The first-order valence-electron chi connectivity index (χ1n) is 6.21. The first-order chi connectivity index (χ1) is 9.58. The van der Waals surface area contributed by atoms with Crippen molar-refractivity contribution in [2.24, 2.45) is 0 Å². The number of anilines is 1. The number of carboxylic acids is 1. The predicted molar refractivity (Wildman–Crippen MR) is 79.0 cm³/mol. The second-order valence-electron chi connectivity index (χ2n) is 4.37. The Kier molecular flexibility index (Phi) is 4.57. The number of ether oxygens (including phenoxy) is 1. The maximum absolute atomic E-state index is 11.1. The summed E-state index contributed by atoms with van der Waals surface area (Å²) in [5, 5.41) is 12.7. The molecule has 0 fully saturated rings. The van der Waals surface area contributed by atoms with Crippen LogP contribution in [0.25, 0.3) is 0 Å². The molecule has 1 aromatic heterocycles. The van der Waals surface area contributed by atoms with Gasteiger partial charge in [-0.2, -0.15) is 4.37 Å². The van der Waals surface area contributed by atoms with E-state index >= 15 is 0 Å². The Morgan fingerprint density at radius 3 is 2.95 bits per heavy atom.